The molecule has 4 rings (SSSR count). The lowest BCUT2D eigenvalue weighted by molar-refractivity contribution is 0.0663. The van der Waals surface area contributed by atoms with E-state index in [1.165, 1.54) is 0 Å². The van der Waals surface area contributed by atoms with Gasteiger partial charge in [0.05, 0.1) is 16.9 Å². The van der Waals surface area contributed by atoms with Crippen LogP contribution in [0, 0.1) is 5.92 Å². The zero-order valence-electron chi connectivity index (χ0n) is 16.6. The Balaban J connectivity index is 1.54. The van der Waals surface area contributed by atoms with E-state index in [9.17, 15) is 4.79 Å². The maximum Gasteiger partial charge on any atom is 0.250 e. The third-order valence-corrected chi connectivity index (χ3v) is 5.65. The minimum atomic E-state index is -0.00431. The summed E-state index contributed by atoms with van der Waals surface area (Å²) >= 11 is 6.58. The van der Waals surface area contributed by atoms with Gasteiger partial charge in [-0.1, -0.05) is 18.5 Å². The van der Waals surface area contributed by atoms with E-state index in [-0.39, 0.29) is 5.56 Å². The lowest BCUT2D eigenvalue weighted by atomic mass is 9.94. The summed E-state index contributed by atoms with van der Waals surface area (Å²) in [5, 5.41) is 5.13. The molecule has 0 aliphatic carbocycles. The number of nitrogens with zero attached hydrogens (tertiary/aromatic N) is 4. The highest BCUT2D eigenvalue weighted by atomic mass is 35.5. The van der Waals surface area contributed by atoms with Crippen LogP contribution in [0.4, 0.5) is 0 Å². The second kappa shape index (κ2) is 8.93. The molecule has 0 unspecified atom stereocenters. The number of hydrogen-bond donors (Lipinski definition) is 0. The van der Waals surface area contributed by atoms with Gasteiger partial charge in [-0.3, -0.25) is 9.78 Å². The van der Waals surface area contributed by atoms with Crippen molar-refractivity contribution < 1.29 is 4.74 Å². The molecule has 0 N–H and O–H groups in total. The van der Waals surface area contributed by atoms with Crippen molar-refractivity contribution in [1.29, 1.82) is 0 Å². The number of hydrogen-bond acceptors (Lipinski definition) is 4. The van der Waals surface area contributed by atoms with Crippen LogP contribution in [0.15, 0.2) is 47.8 Å². The minimum Gasteiger partial charge on any atom is -0.381 e. The van der Waals surface area contributed by atoms with Gasteiger partial charge in [0.15, 0.2) is 0 Å². The smallest absolute Gasteiger partial charge is 0.250 e. The zero-order valence-corrected chi connectivity index (χ0v) is 17.3. The fourth-order valence-corrected chi connectivity index (χ4v) is 4.00. The highest BCUT2D eigenvalue weighted by molar-refractivity contribution is 6.33. The lowest BCUT2D eigenvalue weighted by Gasteiger charge is -2.21. The Kier molecular flexibility index (Phi) is 6.11. The molecule has 0 aromatic carbocycles. The third kappa shape index (κ3) is 4.60. The van der Waals surface area contributed by atoms with E-state index >= 15 is 0 Å². The van der Waals surface area contributed by atoms with Gasteiger partial charge in [0.1, 0.15) is 0 Å². The molecule has 3 aromatic heterocycles. The summed E-state index contributed by atoms with van der Waals surface area (Å²) in [5.74, 6) is 0.611. The highest BCUT2D eigenvalue weighted by Gasteiger charge is 2.16. The molecule has 29 heavy (non-hydrogen) atoms. The second-order valence-electron chi connectivity index (χ2n) is 7.51. The third-order valence-electron chi connectivity index (χ3n) is 5.34. The van der Waals surface area contributed by atoms with Crippen molar-refractivity contribution in [3.05, 3.63) is 64.1 Å². The van der Waals surface area contributed by atoms with E-state index in [1.807, 2.05) is 31.6 Å². The minimum absolute atomic E-state index is 0.00431. The predicted molar refractivity (Wildman–Crippen MR) is 114 cm³/mol. The maximum atomic E-state index is 11.9. The molecule has 6 nitrogen and oxygen atoms in total. The first-order valence-corrected chi connectivity index (χ1v) is 10.5. The molecule has 0 spiro atoms. The maximum absolute atomic E-state index is 11.9. The van der Waals surface area contributed by atoms with Crippen molar-refractivity contribution in [2.45, 2.75) is 39.2 Å². The standard InChI is InChI=1S/C22H25ClN4O2/c1-2-7-26-15-19(3-4-22(26)28)27-14-17(12-25-27)20-13-24-18(11-21(20)23)10-16-5-8-29-9-6-16/h3-4,11-16H,2,5-10H2,1H3. The van der Waals surface area contributed by atoms with Crippen LogP contribution in [0.5, 0.6) is 0 Å². The molecule has 0 bridgehead atoms. The van der Waals surface area contributed by atoms with Gasteiger partial charge in [-0.05, 0) is 43.7 Å². The molecule has 0 saturated carbocycles. The lowest BCUT2D eigenvalue weighted by Crippen LogP contribution is -2.19. The summed E-state index contributed by atoms with van der Waals surface area (Å²) in [4.78, 5) is 16.6. The molecule has 1 aliphatic rings. The Bertz CT molecular complexity index is 1040. The van der Waals surface area contributed by atoms with E-state index in [4.69, 9.17) is 16.3 Å². The summed E-state index contributed by atoms with van der Waals surface area (Å²) in [6.45, 7) is 4.40. The van der Waals surface area contributed by atoms with Crippen LogP contribution in [-0.2, 0) is 17.7 Å². The number of aryl methyl sites for hydroxylation is 1. The van der Waals surface area contributed by atoms with E-state index in [0.717, 1.165) is 61.4 Å². The second-order valence-corrected chi connectivity index (χ2v) is 7.92. The van der Waals surface area contributed by atoms with Crippen molar-refractivity contribution in [2.24, 2.45) is 5.92 Å². The van der Waals surface area contributed by atoms with Crippen molar-refractivity contribution in [3.63, 3.8) is 0 Å². The van der Waals surface area contributed by atoms with Crippen molar-refractivity contribution in [1.82, 2.24) is 19.3 Å². The van der Waals surface area contributed by atoms with E-state index in [0.29, 0.717) is 17.5 Å². The number of pyridine rings is 2. The topological polar surface area (TPSA) is 61.9 Å². The molecule has 0 atom stereocenters. The molecule has 1 fully saturated rings. The summed E-state index contributed by atoms with van der Waals surface area (Å²) in [5.41, 5.74) is 3.61. The highest BCUT2D eigenvalue weighted by Crippen LogP contribution is 2.29. The Morgan fingerprint density at radius 3 is 2.79 bits per heavy atom. The first-order valence-electron chi connectivity index (χ1n) is 10.1. The molecule has 152 valence electrons. The molecule has 3 aromatic rings. The van der Waals surface area contributed by atoms with Crippen LogP contribution in [0.3, 0.4) is 0 Å². The molecule has 4 heterocycles. The summed E-state index contributed by atoms with van der Waals surface area (Å²) < 4.78 is 8.89. The van der Waals surface area contributed by atoms with Crippen LogP contribution in [0.2, 0.25) is 5.02 Å². The number of ether oxygens (including phenoxy) is 1. The average Bonchev–Trinajstić information content (AvgIpc) is 3.20. The van der Waals surface area contributed by atoms with Gasteiger partial charge in [0.25, 0.3) is 5.56 Å². The van der Waals surface area contributed by atoms with Crippen LogP contribution >= 0.6 is 11.6 Å². The zero-order chi connectivity index (χ0) is 20.2. The van der Waals surface area contributed by atoms with Gasteiger partial charge in [-0.15, -0.1) is 0 Å². The summed E-state index contributed by atoms with van der Waals surface area (Å²) in [7, 11) is 0. The molecule has 1 saturated heterocycles. The largest absolute Gasteiger partial charge is 0.381 e. The fourth-order valence-electron chi connectivity index (χ4n) is 3.71. The van der Waals surface area contributed by atoms with Crippen molar-refractivity contribution in [2.75, 3.05) is 13.2 Å². The molecule has 7 heteroatoms. The van der Waals surface area contributed by atoms with Gasteiger partial charge >= 0.3 is 0 Å². The predicted octanol–water partition coefficient (Wildman–Crippen LogP) is 4.13. The molecule has 0 amide bonds. The molecular formula is C22H25ClN4O2. The first-order chi connectivity index (χ1) is 14.1. The van der Waals surface area contributed by atoms with Crippen molar-refractivity contribution in [3.8, 4) is 16.8 Å². The SMILES string of the molecule is CCCn1cc(-n2cc(-c3cnc(CC4CCOCC4)cc3Cl)cn2)ccc1=O. The summed E-state index contributed by atoms with van der Waals surface area (Å²) in [6.07, 6.45) is 11.3. The van der Waals surface area contributed by atoms with Crippen molar-refractivity contribution >= 4 is 11.6 Å². The number of halogens is 1. The van der Waals surface area contributed by atoms with Gasteiger partial charge in [-0.2, -0.15) is 5.10 Å². The van der Waals surface area contributed by atoms with E-state index in [1.54, 1.807) is 27.6 Å². The molecule has 0 radical (unpaired) electrons. The Morgan fingerprint density at radius 2 is 2.03 bits per heavy atom. The Labute approximate surface area is 175 Å². The van der Waals surface area contributed by atoms with Gasteiger partial charge in [-0.25, -0.2) is 4.68 Å². The molecule has 1 aliphatic heterocycles. The van der Waals surface area contributed by atoms with Gasteiger partial charge in [0.2, 0.25) is 0 Å². The van der Waals surface area contributed by atoms with E-state index < -0.39 is 0 Å². The Morgan fingerprint density at radius 1 is 1.21 bits per heavy atom. The summed E-state index contributed by atoms with van der Waals surface area (Å²) in [6, 6.07) is 5.32. The number of rotatable bonds is 6. The normalized spacial score (nSPS) is 15.0. The fraction of sp³-hybridized carbons (Fsp3) is 0.409. The molecular weight excluding hydrogens is 388 g/mol. The average molecular weight is 413 g/mol. The van der Waals surface area contributed by atoms with Crippen LogP contribution in [-0.4, -0.2) is 32.5 Å². The first kappa shape index (κ1) is 19.9. The van der Waals surface area contributed by atoms with Gasteiger partial charge < -0.3 is 9.30 Å². The quantitative estimate of drug-likeness (QED) is 0.610. The van der Waals surface area contributed by atoms with Crippen LogP contribution in [0.25, 0.3) is 16.8 Å². The van der Waals surface area contributed by atoms with E-state index in [2.05, 4.69) is 10.1 Å². The number of aromatic nitrogens is 4. The monoisotopic (exact) mass is 412 g/mol. The van der Waals surface area contributed by atoms with Crippen LogP contribution in [0.1, 0.15) is 31.9 Å². The van der Waals surface area contributed by atoms with Crippen LogP contribution < -0.4 is 5.56 Å². The van der Waals surface area contributed by atoms with Gasteiger partial charge in [0, 0.05) is 61.2 Å². The Hall–Kier alpha value is -2.44.